The van der Waals surface area contributed by atoms with Gasteiger partial charge in [0.05, 0.1) is 11.4 Å². The van der Waals surface area contributed by atoms with Gasteiger partial charge < -0.3 is 5.32 Å². The maximum atomic E-state index is 13.9. The number of carbonyl (C=O) groups excluding carboxylic acids is 1. The molecule has 0 spiro atoms. The summed E-state index contributed by atoms with van der Waals surface area (Å²) in [4.78, 5) is 11.8. The van der Waals surface area contributed by atoms with E-state index in [4.69, 9.17) is 11.6 Å². The molecule has 0 saturated heterocycles. The Morgan fingerprint density at radius 1 is 1.11 bits per heavy atom. The lowest BCUT2D eigenvalue weighted by molar-refractivity contribution is -0.116. The molecule has 1 amide bonds. The van der Waals surface area contributed by atoms with Crippen LogP contribution in [0.1, 0.15) is 12.0 Å². The third-order valence-electron chi connectivity index (χ3n) is 3.85. The second-order valence-electron chi connectivity index (χ2n) is 5.91. The van der Waals surface area contributed by atoms with Crippen LogP contribution in [0.2, 0.25) is 5.02 Å². The zero-order valence-corrected chi connectivity index (χ0v) is 16.9. The monoisotopic (exact) mass is 438 g/mol. The van der Waals surface area contributed by atoms with Crippen LogP contribution in [0.4, 0.5) is 15.8 Å². The van der Waals surface area contributed by atoms with Crippen LogP contribution in [0.5, 0.6) is 0 Å². The van der Waals surface area contributed by atoms with Gasteiger partial charge in [-0.3, -0.25) is 9.52 Å². The van der Waals surface area contributed by atoms with E-state index in [9.17, 15) is 17.6 Å². The molecule has 0 bridgehead atoms. The van der Waals surface area contributed by atoms with E-state index in [0.717, 1.165) is 17.7 Å². The van der Waals surface area contributed by atoms with Crippen molar-refractivity contribution in [2.45, 2.75) is 17.7 Å². The molecule has 3 aromatic rings. The fraction of sp³-hybridized carbons (Fsp3) is 0.105. The molecule has 3 rings (SSSR count). The second kappa shape index (κ2) is 8.72. The average molecular weight is 439 g/mol. The number of amides is 1. The first-order valence-corrected chi connectivity index (χ1v) is 11.0. The van der Waals surface area contributed by atoms with Crippen molar-refractivity contribution in [1.29, 1.82) is 0 Å². The van der Waals surface area contributed by atoms with Crippen molar-refractivity contribution in [3.05, 3.63) is 75.7 Å². The van der Waals surface area contributed by atoms with E-state index in [1.165, 1.54) is 30.3 Å². The molecule has 0 aliphatic carbocycles. The van der Waals surface area contributed by atoms with Crippen molar-refractivity contribution in [3.8, 4) is 0 Å². The first kappa shape index (κ1) is 20.3. The normalized spacial score (nSPS) is 11.2. The third kappa shape index (κ3) is 5.09. The predicted octanol–water partition coefficient (Wildman–Crippen LogP) is 4.91. The fourth-order valence-corrected chi connectivity index (χ4v) is 4.51. The van der Waals surface area contributed by atoms with Gasteiger partial charge in [0.2, 0.25) is 5.91 Å². The van der Waals surface area contributed by atoms with Gasteiger partial charge in [0.1, 0.15) is 10.7 Å². The van der Waals surface area contributed by atoms with Crippen molar-refractivity contribution in [2.24, 2.45) is 0 Å². The van der Waals surface area contributed by atoms with Gasteiger partial charge in [0, 0.05) is 11.4 Å². The quantitative estimate of drug-likeness (QED) is 0.550. The van der Waals surface area contributed by atoms with Gasteiger partial charge in [-0.15, -0.1) is 0 Å². The van der Waals surface area contributed by atoms with Crippen LogP contribution >= 0.6 is 22.9 Å². The molecular weight excluding hydrogens is 423 g/mol. The minimum Gasteiger partial charge on any atom is -0.324 e. The van der Waals surface area contributed by atoms with Gasteiger partial charge in [-0.05, 0) is 59.1 Å². The molecule has 5 nitrogen and oxygen atoms in total. The number of carbonyl (C=O) groups is 1. The Morgan fingerprint density at radius 3 is 2.61 bits per heavy atom. The molecule has 0 radical (unpaired) electrons. The summed E-state index contributed by atoms with van der Waals surface area (Å²) in [6.07, 6.45) is 0.787. The SMILES string of the molecule is O=C(CCc1ccsc1)Nc1cc(Cl)ccc1NS(=O)(=O)c1ccccc1F. The van der Waals surface area contributed by atoms with Crippen molar-refractivity contribution >= 4 is 50.2 Å². The largest absolute Gasteiger partial charge is 0.324 e. The molecular formula is C19H16ClFN2O3S2. The molecule has 0 fully saturated rings. The van der Waals surface area contributed by atoms with Gasteiger partial charge in [-0.25, -0.2) is 12.8 Å². The Morgan fingerprint density at radius 2 is 1.89 bits per heavy atom. The van der Waals surface area contributed by atoms with Crippen LogP contribution in [0, 0.1) is 5.82 Å². The molecule has 146 valence electrons. The topological polar surface area (TPSA) is 75.3 Å². The van der Waals surface area contributed by atoms with Gasteiger partial charge in [-0.2, -0.15) is 11.3 Å². The highest BCUT2D eigenvalue weighted by atomic mass is 35.5. The molecule has 0 atom stereocenters. The zero-order chi connectivity index (χ0) is 20.1. The van der Waals surface area contributed by atoms with Crippen LogP contribution < -0.4 is 10.0 Å². The van der Waals surface area contributed by atoms with Crippen molar-refractivity contribution in [3.63, 3.8) is 0 Å². The van der Waals surface area contributed by atoms with Crippen LogP contribution in [0.3, 0.4) is 0 Å². The Kier molecular flexibility index (Phi) is 6.33. The number of hydrogen-bond acceptors (Lipinski definition) is 4. The van der Waals surface area contributed by atoms with E-state index >= 15 is 0 Å². The van der Waals surface area contributed by atoms with E-state index in [-0.39, 0.29) is 23.7 Å². The number of thiophene rings is 1. The lowest BCUT2D eigenvalue weighted by Gasteiger charge is -2.14. The molecule has 28 heavy (non-hydrogen) atoms. The van der Waals surface area contributed by atoms with Gasteiger partial charge >= 0.3 is 0 Å². The summed E-state index contributed by atoms with van der Waals surface area (Å²) in [6, 6.07) is 11.3. The lowest BCUT2D eigenvalue weighted by atomic mass is 10.2. The van der Waals surface area contributed by atoms with Gasteiger partial charge in [0.15, 0.2) is 0 Å². The summed E-state index contributed by atoms with van der Waals surface area (Å²) in [7, 11) is -4.18. The number of aryl methyl sites for hydroxylation is 1. The summed E-state index contributed by atoms with van der Waals surface area (Å²) in [5, 5.41) is 6.87. The molecule has 1 aromatic heterocycles. The molecule has 2 aromatic carbocycles. The van der Waals surface area contributed by atoms with E-state index in [1.54, 1.807) is 11.3 Å². The maximum absolute atomic E-state index is 13.9. The smallest absolute Gasteiger partial charge is 0.264 e. The van der Waals surface area contributed by atoms with Crippen molar-refractivity contribution in [1.82, 2.24) is 0 Å². The van der Waals surface area contributed by atoms with E-state index < -0.39 is 20.7 Å². The zero-order valence-electron chi connectivity index (χ0n) is 14.5. The number of rotatable bonds is 7. The molecule has 1 heterocycles. The molecule has 0 unspecified atom stereocenters. The number of sulfonamides is 1. The molecule has 0 aliphatic rings. The van der Waals surface area contributed by atoms with Crippen molar-refractivity contribution in [2.75, 3.05) is 10.0 Å². The number of benzene rings is 2. The summed E-state index contributed by atoms with van der Waals surface area (Å²) < 4.78 is 41.3. The second-order valence-corrected chi connectivity index (χ2v) is 8.77. The van der Waals surface area contributed by atoms with Crippen molar-refractivity contribution < 1.29 is 17.6 Å². The first-order valence-electron chi connectivity index (χ1n) is 8.23. The fourth-order valence-electron chi connectivity index (χ4n) is 2.48. The van der Waals surface area contributed by atoms with Crippen LogP contribution in [0.25, 0.3) is 0 Å². The molecule has 2 N–H and O–H groups in total. The van der Waals surface area contributed by atoms with Gasteiger partial charge in [0.25, 0.3) is 10.0 Å². The minimum absolute atomic E-state index is 0.0940. The number of anilines is 2. The summed E-state index contributed by atoms with van der Waals surface area (Å²) in [5.41, 5.74) is 1.34. The van der Waals surface area contributed by atoms with E-state index in [0.29, 0.717) is 11.4 Å². The number of hydrogen-bond donors (Lipinski definition) is 2. The van der Waals surface area contributed by atoms with E-state index in [2.05, 4.69) is 10.0 Å². The minimum atomic E-state index is -4.18. The molecule has 9 heteroatoms. The van der Waals surface area contributed by atoms with Gasteiger partial charge in [-0.1, -0.05) is 23.7 Å². The van der Waals surface area contributed by atoms with Crippen LogP contribution in [-0.2, 0) is 21.2 Å². The highest BCUT2D eigenvalue weighted by Crippen LogP contribution is 2.29. The predicted molar refractivity (Wildman–Crippen MR) is 110 cm³/mol. The number of nitrogens with one attached hydrogen (secondary N) is 2. The summed E-state index contributed by atoms with van der Waals surface area (Å²) in [5.74, 6) is -1.16. The molecule has 0 aliphatic heterocycles. The van der Waals surface area contributed by atoms with Crippen LogP contribution in [0.15, 0.2) is 64.2 Å². The lowest BCUT2D eigenvalue weighted by Crippen LogP contribution is -2.18. The summed E-state index contributed by atoms with van der Waals surface area (Å²) in [6.45, 7) is 0. The maximum Gasteiger partial charge on any atom is 0.264 e. The number of halogens is 2. The third-order valence-corrected chi connectivity index (χ3v) is 6.21. The Bertz CT molecular complexity index is 1090. The Hall–Kier alpha value is -2.42. The average Bonchev–Trinajstić information content (AvgIpc) is 3.16. The highest BCUT2D eigenvalue weighted by molar-refractivity contribution is 7.92. The van der Waals surface area contributed by atoms with E-state index in [1.807, 2.05) is 16.8 Å². The summed E-state index contributed by atoms with van der Waals surface area (Å²) >= 11 is 7.53. The molecule has 0 saturated carbocycles. The van der Waals surface area contributed by atoms with Crippen LogP contribution in [-0.4, -0.2) is 14.3 Å². The Balaban J connectivity index is 1.79. The highest BCUT2D eigenvalue weighted by Gasteiger charge is 2.20. The first-order chi connectivity index (χ1) is 13.3. The Labute approximate surface area is 171 Å². The standard InChI is InChI=1S/C19H16ClFN2O3S2/c20-14-6-7-16(23-28(25,26)18-4-2-1-3-15(18)21)17(11-14)22-19(24)8-5-13-9-10-27-12-13/h1-4,6-7,9-12,23H,5,8H2,(H,22,24).